The van der Waals surface area contributed by atoms with Gasteiger partial charge in [0.2, 0.25) is 0 Å². The zero-order chi connectivity index (χ0) is 17.5. The molecule has 3 aromatic rings. The van der Waals surface area contributed by atoms with E-state index in [1.54, 1.807) is 0 Å². The van der Waals surface area contributed by atoms with Crippen molar-refractivity contribution < 1.29 is 9.53 Å². The Hall–Kier alpha value is -2.07. The molecule has 0 saturated heterocycles. The fourth-order valence-electron chi connectivity index (χ4n) is 3.40. The SMILES string of the molecule is CCOC(=O)[CH2][Sn]([c]1ccccc1)([c]1ccccc1)[c]1ccccc1. The van der Waals surface area contributed by atoms with E-state index in [0.717, 1.165) is 0 Å². The fourth-order valence-corrected chi connectivity index (χ4v) is 16.1. The first-order chi connectivity index (χ1) is 12.3. The van der Waals surface area contributed by atoms with E-state index in [2.05, 4.69) is 72.8 Å². The summed E-state index contributed by atoms with van der Waals surface area (Å²) in [5, 5.41) is 0. The molecule has 0 bridgehead atoms. The number of hydrogen-bond acceptors (Lipinski definition) is 2. The minimum atomic E-state index is -3.48. The topological polar surface area (TPSA) is 26.3 Å². The standard InChI is InChI=1S/3C6H5.C4H7O2.Sn/c3*1-2-4-6-5-3-1;1-3-6-4(2)5;/h3*1-5H;2-3H2,1H3;. The molecule has 0 unspecified atom stereocenters. The van der Waals surface area contributed by atoms with Crippen molar-refractivity contribution in [3.63, 3.8) is 0 Å². The van der Waals surface area contributed by atoms with Gasteiger partial charge in [-0.05, 0) is 0 Å². The number of rotatable bonds is 6. The Balaban J connectivity index is 2.26. The molecule has 0 aliphatic rings. The van der Waals surface area contributed by atoms with Crippen LogP contribution in [0.4, 0.5) is 0 Å². The van der Waals surface area contributed by atoms with Crippen LogP contribution in [0, 0.1) is 0 Å². The zero-order valence-corrected chi connectivity index (χ0v) is 17.2. The Bertz CT molecular complexity index is 705. The van der Waals surface area contributed by atoms with Gasteiger partial charge < -0.3 is 0 Å². The van der Waals surface area contributed by atoms with E-state index in [9.17, 15) is 4.79 Å². The van der Waals surface area contributed by atoms with Crippen molar-refractivity contribution in [3.05, 3.63) is 91.0 Å². The predicted molar refractivity (Wildman–Crippen MR) is 105 cm³/mol. The van der Waals surface area contributed by atoms with Gasteiger partial charge in [0.25, 0.3) is 0 Å². The number of ether oxygens (including phenoxy) is 1. The molecule has 0 aliphatic heterocycles. The molecule has 0 spiro atoms. The Kier molecular flexibility index (Phi) is 5.92. The van der Waals surface area contributed by atoms with Crippen molar-refractivity contribution in [2.24, 2.45) is 0 Å². The van der Waals surface area contributed by atoms with Crippen LogP contribution in [0.3, 0.4) is 0 Å². The quantitative estimate of drug-likeness (QED) is 0.438. The Morgan fingerprint density at radius 3 is 1.40 bits per heavy atom. The molecule has 0 saturated carbocycles. The number of benzene rings is 3. The van der Waals surface area contributed by atoms with Crippen molar-refractivity contribution in [1.29, 1.82) is 0 Å². The summed E-state index contributed by atoms with van der Waals surface area (Å²) < 4.78 is 9.73. The van der Waals surface area contributed by atoms with E-state index in [4.69, 9.17) is 4.74 Å². The molecule has 3 rings (SSSR count). The second-order valence-electron chi connectivity index (χ2n) is 5.99. The molecule has 0 aromatic heterocycles. The molecule has 126 valence electrons. The third-order valence-corrected chi connectivity index (χ3v) is 18.1. The molecule has 0 fully saturated rings. The maximum absolute atomic E-state index is 12.6. The van der Waals surface area contributed by atoms with Gasteiger partial charge in [0, 0.05) is 0 Å². The molecule has 3 heteroatoms. The molecule has 0 N–H and O–H groups in total. The molecule has 0 heterocycles. The van der Waals surface area contributed by atoms with Crippen molar-refractivity contribution in [3.8, 4) is 0 Å². The van der Waals surface area contributed by atoms with Crippen LogP contribution in [0.15, 0.2) is 91.0 Å². The molecule has 0 aliphatic carbocycles. The Labute approximate surface area is 153 Å². The van der Waals surface area contributed by atoms with E-state index in [1.807, 2.05) is 25.1 Å². The number of carbonyl (C=O) groups excluding carboxylic acids is 1. The molecule has 25 heavy (non-hydrogen) atoms. The van der Waals surface area contributed by atoms with Gasteiger partial charge in [-0.25, -0.2) is 0 Å². The summed E-state index contributed by atoms with van der Waals surface area (Å²) >= 11 is -3.48. The van der Waals surface area contributed by atoms with Crippen molar-refractivity contribution in [1.82, 2.24) is 0 Å². The maximum atomic E-state index is 12.6. The van der Waals surface area contributed by atoms with Crippen LogP contribution < -0.4 is 10.7 Å². The van der Waals surface area contributed by atoms with Gasteiger partial charge >= 0.3 is 154 Å². The second kappa shape index (κ2) is 8.34. The van der Waals surface area contributed by atoms with Crippen LogP contribution in [0.2, 0.25) is 4.44 Å². The number of carbonyl (C=O) groups is 1. The first kappa shape index (κ1) is 17.7. The summed E-state index contributed by atoms with van der Waals surface area (Å²) in [6.07, 6.45) is 0. The van der Waals surface area contributed by atoms with Gasteiger partial charge in [0.15, 0.2) is 0 Å². The Morgan fingerprint density at radius 2 is 1.08 bits per heavy atom. The summed E-state index contributed by atoms with van der Waals surface area (Å²) in [4.78, 5) is 12.6. The summed E-state index contributed by atoms with van der Waals surface area (Å²) in [7, 11) is 0. The molecule has 0 atom stereocenters. The van der Waals surface area contributed by atoms with Crippen LogP contribution in [-0.4, -0.2) is 31.0 Å². The van der Waals surface area contributed by atoms with E-state index in [0.29, 0.717) is 11.0 Å². The van der Waals surface area contributed by atoms with Gasteiger partial charge in [-0.2, -0.15) is 0 Å². The third-order valence-electron chi connectivity index (χ3n) is 4.51. The number of esters is 1. The first-order valence-electron chi connectivity index (χ1n) is 8.59. The fraction of sp³-hybridized carbons (Fsp3) is 0.136. The summed E-state index contributed by atoms with van der Waals surface area (Å²) in [6.45, 7) is 2.28. The van der Waals surface area contributed by atoms with Crippen LogP contribution in [0.5, 0.6) is 0 Å². The van der Waals surface area contributed by atoms with E-state index in [1.165, 1.54) is 10.7 Å². The summed E-state index contributed by atoms with van der Waals surface area (Å²) in [5.41, 5.74) is 0. The van der Waals surface area contributed by atoms with Gasteiger partial charge in [0.1, 0.15) is 0 Å². The normalized spacial score (nSPS) is 11.1. The van der Waals surface area contributed by atoms with E-state index in [-0.39, 0.29) is 5.97 Å². The molecule has 2 nitrogen and oxygen atoms in total. The molecule has 0 amide bonds. The van der Waals surface area contributed by atoms with Gasteiger partial charge in [-0.3, -0.25) is 0 Å². The van der Waals surface area contributed by atoms with E-state index >= 15 is 0 Å². The summed E-state index contributed by atoms with van der Waals surface area (Å²) in [6, 6.07) is 31.5. The minimum absolute atomic E-state index is 0.102. The predicted octanol–water partition coefficient (Wildman–Crippen LogP) is 2.72. The molecular formula is C22H22O2Sn. The average Bonchev–Trinajstić information content (AvgIpc) is 2.68. The average molecular weight is 437 g/mol. The zero-order valence-electron chi connectivity index (χ0n) is 14.4. The van der Waals surface area contributed by atoms with Crippen molar-refractivity contribution in [2.75, 3.05) is 6.61 Å². The van der Waals surface area contributed by atoms with Crippen LogP contribution in [-0.2, 0) is 9.53 Å². The monoisotopic (exact) mass is 438 g/mol. The van der Waals surface area contributed by atoms with E-state index < -0.39 is 18.4 Å². The van der Waals surface area contributed by atoms with Crippen LogP contribution >= 0.6 is 0 Å². The summed E-state index contributed by atoms with van der Waals surface area (Å²) in [5.74, 6) is -0.102. The van der Waals surface area contributed by atoms with Crippen molar-refractivity contribution >= 4 is 35.1 Å². The van der Waals surface area contributed by atoms with Gasteiger partial charge in [-0.15, -0.1) is 0 Å². The van der Waals surface area contributed by atoms with Gasteiger partial charge in [-0.1, -0.05) is 0 Å². The third kappa shape index (κ3) is 3.79. The molecular weight excluding hydrogens is 415 g/mol. The molecule has 3 aromatic carbocycles. The van der Waals surface area contributed by atoms with Crippen molar-refractivity contribution in [2.45, 2.75) is 11.4 Å². The van der Waals surface area contributed by atoms with Crippen LogP contribution in [0.1, 0.15) is 6.92 Å². The van der Waals surface area contributed by atoms with Gasteiger partial charge in [0.05, 0.1) is 0 Å². The number of hydrogen-bond donors (Lipinski definition) is 0. The second-order valence-corrected chi connectivity index (χ2v) is 17.1. The molecule has 0 radical (unpaired) electrons. The van der Waals surface area contributed by atoms with Crippen LogP contribution in [0.25, 0.3) is 0 Å². The Morgan fingerprint density at radius 1 is 0.720 bits per heavy atom. The first-order valence-corrected chi connectivity index (χ1v) is 14.9.